The van der Waals surface area contributed by atoms with Crippen molar-refractivity contribution in [2.75, 3.05) is 0 Å². The van der Waals surface area contributed by atoms with Crippen molar-refractivity contribution in [3.05, 3.63) is 47.3 Å². The van der Waals surface area contributed by atoms with Crippen LogP contribution in [-0.4, -0.2) is 9.78 Å². The van der Waals surface area contributed by atoms with Gasteiger partial charge in [-0.25, -0.2) is 4.68 Å². The predicted octanol–water partition coefficient (Wildman–Crippen LogP) is 3.61. The standard InChI is InChI=1S/C14H18N2/c1-10(2)13-5-7-14(8-6-13)16-12(4)9-11(3)15-16/h5-10H,1-4H3. The van der Waals surface area contributed by atoms with Gasteiger partial charge in [0.25, 0.3) is 0 Å². The number of aryl methyl sites for hydroxylation is 2. The third-order valence-electron chi connectivity index (χ3n) is 2.81. The molecule has 0 atom stereocenters. The molecule has 0 N–H and O–H groups in total. The lowest BCUT2D eigenvalue weighted by Crippen LogP contribution is -1.99. The molecule has 0 radical (unpaired) electrons. The van der Waals surface area contributed by atoms with Crippen molar-refractivity contribution in [3.63, 3.8) is 0 Å². The zero-order valence-corrected chi connectivity index (χ0v) is 10.4. The Balaban J connectivity index is 2.38. The van der Waals surface area contributed by atoms with Gasteiger partial charge in [0, 0.05) is 5.69 Å². The highest BCUT2D eigenvalue weighted by Crippen LogP contribution is 2.17. The Bertz CT molecular complexity index is 478. The maximum atomic E-state index is 4.47. The van der Waals surface area contributed by atoms with Gasteiger partial charge in [0.05, 0.1) is 11.4 Å². The molecule has 0 saturated heterocycles. The second-order valence-electron chi connectivity index (χ2n) is 4.59. The Hall–Kier alpha value is -1.57. The molecule has 0 bridgehead atoms. The monoisotopic (exact) mass is 214 g/mol. The molecular formula is C14H18N2. The van der Waals surface area contributed by atoms with Crippen LogP contribution in [-0.2, 0) is 0 Å². The number of benzene rings is 1. The van der Waals surface area contributed by atoms with Gasteiger partial charge in [0.2, 0.25) is 0 Å². The maximum absolute atomic E-state index is 4.47. The van der Waals surface area contributed by atoms with E-state index in [9.17, 15) is 0 Å². The number of hydrogen-bond acceptors (Lipinski definition) is 1. The molecule has 0 aliphatic heterocycles. The van der Waals surface area contributed by atoms with Crippen LogP contribution >= 0.6 is 0 Å². The van der Waals surface area contributed by atoms with Gasteiger partial charge in [0.1, 0.15) is 0 Å². The smallest absolute Gasteiger partial charge is 0.0648 e. The summed E-state index contributed by atoms with van der Waals surface area (Å²) < 4.78 is 1.99. The van der Waals surface area contributed by atoms with E-state index in [4.69, 9.17) is 0 Å². The third kappa shape index (κ3) is 2.01. The number of aromatic nitrogens is 2. The Morgan fingerprint density at radius 3 is 2.12 bits per heavy atom. The third-order valence-corrected chi connectivity index (χ3v) is 2.81. The predicted molar refractivity (Wildman–Crippen MR) is 67.1 cm³/mol. The minimum absolute atomic E-state index is 0.578. The molecule has 84 valence electrons. The van der Waals surface area contributed by atoms with Crippen molar-refractivity contribution in [2.24, 2.45) is 0 Å². The summed E-state index contributed by atoms with van der Waals surface area (Å²) in [4.78, 5) is 0. The van der Waals surface area contributed by atoms with Gasteiger partial charge in [-0.1, -0.05) is 26.0 Å². The second-order valence-corrected chi connectivity index (χ2v) is 4.59. The molecular weight excluding hydrogens is 196 g/mol. The quantitative estimate of drug-likeness (QED) is 0.746. The Kier molecular flexibility index (Phi) is 2.82. The maximum Gasteiger partial charge on any atom is 0.0648 e. The molecule has 0 spiro atoms. The first-order chi connectivity index (χ1) is 7.58. The second kappa shape index (κ2) is 4.12. The lowest BCUT2D eigenvalue weighted by molar-refractivity contribution is 0.826. The molecule has 0 aliphatic carbocycles. The number of rotatable bonds is 2. The van der Waals surface area contributed by atoms with E-state index in [1.54, 1.807) is 0 Å². The van der Waals surface area contributed by atoms with Crippen molar-refractivity contribution < 1.29 is 0 Å². The fourth-order valence-corrected chi connectivity index (χ4v) is 1.89. The van der Waals surface area contributed by atoms with Crippen LogP contribution in [0.15, 0.2) is 30.3 Å². The molecule has 0 saturated carbocycles. The van der Waals surface area contributed by atoms with Crippen LogP contribution in [0.2, 0.25) is 0 Å². The van der Waals surface area contributed by atoms with E-state index in [2.05, 4.69) is 56.2 Å². The Morgan fingerprint density at radius 2 is 1.69 bits per heavy atom. The molecule has 2 heteroatoms. The normalized spacial score (nSPS) is 11.1. The summed E-state index contributed by atoms with van der Waals surface area (Å²) in [5.41, 5.74) is 4.74. The van der Waals surface area contributed by atoms with Gasteiger partial charge in [-0.05, 0) is 43.5 Å². The lowest BCUT2D eigenvalue weighted by Gasteiger charge is -2.08. The molecule has 2 rings (SSSR count). The van der Waals surface area contributed by atoms with E-state index < -0.39 is 0 Å². The highest BCUT2D eigenvalue weighted by atomic mass is 15.3. The highest BCUT2D eigenvalue weighted by Gasteiger charge is 2.04. The first kappa shape index (κ1) is 10.9. The van der Waals surface area contributed by atoms with Crippen LogP contribution in [0.25, 0.3) is 5.69 Å². The molecule has 1 aromatic carbocycles. The Morgan fingerprint density at radius 1 is 1.06 bits per heavy atom. The van der Waals surface area contributed by atoms with Crippen LogP contribution in [0.4, 0.5) is 0 Å². The average Bonchev–Trinajstić information content (AvgIpc) is 2.58. The topological polar surface area (TPSA) is 17.8 Å². The van der Waals surface area contributed by atoms with Gasteiger partial charge >= 0.3 is 0 Å². The van der Waals surface area contributed by atoms with Crippen LogP contribution in [0, 0.1) is 13.8 Å². The summed E-state index contributed by atoms with van der Waals surface area (Å²) in [5.74, 6) is 0.578. The summed E-state index contributed by atoms with van der Waals surface area (Å²) in [6, 6.07) is 10.7. The van der Waals surface area contributed by atoms with E-state index in [1.165, 1.54) is 11.3 Å². The molecule has 2 aromatic rings. The van der Waals surface area contributed by atoms with Crippen molar-refractivity contribution in [2.45, 2.75) is 33.6 Å². The SMILES string of the molecule is Cc1cc(C)n(-c2ccc(C(C)C)cc2)n1. The van der Waals surface area contributed by atoms with Crippen LogP contribution in [0.1, 0.15) is 36.7 Å². The van der Waals surface area contributed by atoms with Gasteiger partial charge in [0.15, 0.2) is 0 Å². The van der Waals surface area contributed by atoms with E-state index in [0.29, 0.717) is 5.92 Å². The van der Waals surface area contributed by atoms with E-state index in [-0.39, 0.29) is 0 Å². The van der Waals surface area contributed by atoms with Gasteiger partial charge < -0.3 is 0 Å². The first-order valence-corrected chi connectivity index (χ1v) is 5.71. The summed E-state index contributed by atoms with van der Waals surface area (Å²) in [7, 11) is 0. The van der Waals surface area contributed by atoms with E-state index in [1.807, 2.05) is 11.6 Å². The molecule has 2 nitrogen and oxygen atoms in total. The van der Waals surface area contributed by atoms with Crippen molar-refractivity contribution >= 4 is 0 Å². The Labute approximate surface area is 96.9 Å². The summed E-state index contributed by atoms with van der Waals surface area (Å²) in [5, 5.41) is 4.47. The largest absolute Gasteiger partial charge is 0.238 e. The van der Waals surface area contributed by atoms with Crippen LogP contribution < -0.4 is 0 Å². The number of nitrogens with zero attached hydrogens (tertiary/aromatic N) is 2. The zero-order chi connectivity index (χ0) is 11.7. The highest BCUT2D eigenvalue weighted by molar-refractivity contribution is 5.36. The fourth-order valence-electron chi connectivity index (χ4n) is 1.89. The minimum Gasteiger partial charge on any atom is -0.238 e. The van der Waals surface area contributed by atoms with Gasteiger partial charge in [-0.15, -0.1) is 0 Å². The van der Waals surface area contributed by atoms with Crippen LogP contribution in [0.3, 0.4) is 0 Å². The molecule has 1 aromatic heterocycles. The van der Waals surface area contributed by atoms with Gasteiger partial charge in [-0.2, -0.15) is 5.10 Å². The minimum atomic E-state index is 0.578. The number of hydrogen-bond donors (Lipinski definition) is 0. The zero-order valence-electron chi connectivity index (χ0n) is 10.4. The van der Waals surface area contributed by atoms with Crippen molar-refractivity contribution in [1.82, 2.24) is 9.78 Å². The molecule has 0 unspecified atom stereocenters. The molecule has 0 fully saturated rings. The van der Waals surface area contributed by atoms with Crippen LogP contribution in [0.5, 0.6) is 0 Å². The first-order valence-electron chi connectivity index (χ1n) is 5.71. The summed E-state index contributed by atoms with van der Waals surface area (Å²) >= 11 is 0. The average molecular weight is 214 g/mol. The summed E-state index contributed by atoms with van der Waals surface area (Å²) in [6.45, 7) is 8.51. The lowest BCUT2D eigenvalue weighted by atomic mass is 10.0. The fraction of sp³-hybridized carbons (Fsp3) is 0.357. The van der Waals surface area contributed by atoms with Crippen molar-refractivity contribution in [1.29, 1.82) is 0 Å². The van der Waals surface area contributed by atoms with E-state index in [0.717, 1.165) is 11.4 Å². The van der Waals surface area contributed by atoms with Crippen molar-refractivity contribution in [3.8, 4) is 5.69 Å². The summed E-state index contributed by atoms with van der Waals surface area (Å²) in [6.07, 6.45) is 0. The van der Waals surface area contributed by atoms with E-state index >= 15 is 0 Å². The molecule has 0 amide bonds. The molecule has 0 aliphatic rings. The molecule has 1 heterocycles. The van der Waals surface area contributed by atoms with Gasteiger partial charge in [-0.3, -0.25) is 0 Å². The molecule has 16 heavy (non-hydrogen) atoms.